The number of amides is 1. The number of nitrogens with one attached hydrogen (secondary N) is 1. The molecule has 0 aliphatic rings. The first-order chi connectivity index (χ1) is 35.5. The van der Waals surface area contributed by atoms with Crippen LogP contribution in [0.15, 0.2) is 60.8 Å². The first kappa shape index (κ1) is 71.2. The van der Waals surface area contributed by atoms with E-state index in [-0.39, 0.29) is 12.5 Å². The van der Waals surface area contributed by atoms with Gasteiger partial charge in [0.25, 0.3) is 7.82 Å². The van der Waals surface area contributed by atoms with E-state index in [9.17, 15) is 19.4 Å². The zero-order chi connectivity index (χ0) is 53.5. The monoisotopic (exact) mass is 1040 g/mol. The van der Waals surface area contributed by atoms with Crippen molar-refractivity contribution in [1.82, 2.24) is 5.32 Å². The van der Waals surface area contributed by atoms with E-state index >= 15 is 0 Å². The molecule has 0 aromatic rings. The number of hydrogen-bond donors (Lipinski definition) is 2. The maximum absolute atomic E-state index is 13.0. The van der Waals surface area contributed by atoms with Crippen molar-refractivity contribution >= 4 is 13.7 Å². The van der Waals surface area contributed by atoms with Crippen molar-refractivity contribution in [2.75, 3.05) is 40.9 Å². The molecule has 0 aliphatic heterocycles. The van der Waals surface area contributed by atoms with Gasteiger partial charge in [-0.3, -0.25) is 9.36 Å². The first-order valence-corrected chi connectivity index (χ1v) is 32.6. The van der Waals surface area contributed by atoms with E-state index in [2.05, 4.69) is 67.8 Å². The molecule has 0 saturated carbocycles. The molecular formula is C64H121N2O6P. The average Bonchev–Trinajstić information content (AvgIpc) is 3.35. The first-order valence-electron chi connectivity index (χ1n) is 31.2. The number of nitrogens with zero attached hydrogens (tertiary/aromatic N) is 1. The van der Waals surface area contributed by atoms with Gasteiger partial charge in [0.2, 0.25) is 5.91 Å². The number of hydrogen-bond acceptors (Lipinski definition) is 6. The Morgan fingerprint density at radius 1 is 0.479 bits per heavy atom. The number of aliphatic hydroxyl groups excluding tert-OH is 1. The number of allylic oxidation sites excluding steroid dienone is 9. The molecule has 0 aromatic heterocycles. The second-order valence-electron chi connectivity index (χ2n) is 22.4. The summed E-state index contributed by atoms with van der Waals surface area (Å²) in [7, 11) is 1.23. The molecule has 3 unspecified atom stereocenters. The van der Waals surface area contributed by atoms with E-state index in [4.69, 9.17) is 9.05 Å². The van der Waals surface area contributed by atoms with Gasteiger partial charge in [-0.15, -0.1) is 0 Å². The van der Waals surface area contributed by atoms with Crippen molar-refractivity contribution in [2.45, 2.75) is 302 Å². The zero-order valence-corrected chi connectivity index (χ0v) is 49.7. The SMILES string of the molecule is CCCCC/C=C\C/C=C\CCCCCCCCCCCC(=O)NC(COP(=O)([O-])OCC[N+](C)(C)C)C(O)/C=C/CC/C=C/CC/C=C/CCCCCCCCCCCCCCCCCCCCCCCC. The molecule has 428 valence electrons. The number of phosphoric acid groups is 1. The summed E-state index contributed by atoms with van der Waals surface area (Å²) in [5.41, 5.74) is 0. The van der Waals surface area contributed by atoms with Crippen molar-refractivity contribution in [2.24, 2.45) is 0 Å². The number of aliphatic hydroxyl groups is 1. The van der Waals surface area contributed by atoms with Crippen LogP contribution in [0.25, 0.3) is 0 Å². The number of quaternary nitrogens is 1. The van der Waals surface area contributed by atoms with Crippen molar-refractivity contribution < 1.29 is 32.9 Å². The molecule has 9 heteroatoms. The highest BCUT2D eigenvalue weighted by molar-refractivity contribution is 7.45. The fourth-order valence-corrected chi connectivity index (χ4v) is 9.76. The van der Waals surface area contributed by atoms with Crippen molar-refractivity contribution in [3.63, 3.8) is 0 Å². The number of carbonyl (C=O) groups excluding carboxylic acids is 1. The summed E-state index contributed by atoms with van der Waals surface area (Å²) < 4.78 is 23.3. The van der Waals surface area contributed by atoms with Crippen LogP contribution in [0.1, 0.15) is 290 Å². The topological polar surface area (TPSA) is 108 Å². The lowest BCUT2D eigenvalue weighted by molar-refractivity contribution is -0.870. The van der Waals surface area contributed by atoms with Gasteiger partial charge in [-0.1, -0.05) is 267 Å². The number of phosphoric ester groups is 1. The van der Waals surface area contributed by atoms with Gasteiger partial charge in [0, 0.05) is 6.42 Å². The molecule has 0 rings (SSSR count). The van der Waals surface area contributed by atoms with Crippen LogP contribution in [-0.2, 0) is 18.4 Å². The Balaban J connectivity index is 4.19. The minimum Gasteiger partial charge on any atom is -0.756 e. The van der Waals surface area contributed by atoms with Crippen molar-refractivity contribution in [1.29, 1.82) is 0 Å². The van der Waals surface area contributed by atoms with E-state index in [1.54, 1.807) is 6.08 Å². The molecule has 0 heterocycles. The lowest BCUT2D eigenvalue weighted by Gasteiger charge is -2.29. The van der Waals surface area contributed by atoms with Crippen LogP contribution in [0.2, 0.25) is 0 Å². The van der Waals surface area contributed by atoms with Crippen LogP contribution in [0.3, 0.4) is 0 Å². The van der Waals surface area contributed by atoms with E-state index < -0.39 is 26.6 Å². The second kappa shape index (κ2) is 55.0. The Labute approximate surface area is 453 Å². The molecule has 0 aliphatic carbocycles. The third-order valence-corrected chi connectivity index (χ3v) is 14.9. The summed E-state index contributed by atoms with van der Waals surface area (Å²) in [4.78, 5) is 25.5. The Kier molecular flexibility index (Phi) is 53.6. The minimum absolute atomic E-state index is 0.0115. The molecule has 3 atom stereocenters. The summed E-state index contributed by atoms with van der Waals surface area (Å²) in [6.07, 6.45) is 74.7. The molecule has 0 spiro atoms. The standard InChI is InChI=1S/C64H121N2O6P/c1-6-8-10-12-14-16-18-20-22-24-26-27-28-29-30-31-32-33-34-35-36-37-38-40-41-43-45-47-49-51-53-55-57-63(67)62(61-72-73(69,70)71-60-59-66(3,4)5)65-64(68)58-56-54-52-50-48-46-44-42-39-25-23-21-19-17-15-13-11-9-7-2/h15,17,21,23,40-41,47,49,55,57,62-63,67H,6-14,16,18-20,22,24-39,42-46,48,50-54,56,58-61H2,1-5H3,(H-,65,68,69,70)/b17-15-,23-21-,41-40+,49-47+,57-55+. The summed E-state index contributed by atoms with van der Waals surface area (Å²) in [6.45, 7) is 4.62. The van der Waals surface area contributed by atoms with Crippen LogP contribution in [0.5, 0.6) is 0 Å². The van der Waals surface area contributed by atoms with Gasteiger partial charge in [-0.05, 0) is 77.0 Å². The molecule has 0 saturated heterocycles. The number of likely N-dealkylation sites (N-methyl/N-ethyl adjacent to an activating group) is 1. The lowest BCUT2D eigenvalue weighted by atomic mass is 10.0. The van der Waals surface area contributed by atoms with Gasteiger partial charge in [-0.2, -0.15) is 0 Å². The molecule has 0 fully saturated rings. The molecule has 0 bridgehead atoms. The van der Waals surface area contributed by atoms with Gasteiger partial charge in [0.1, 0.15) is 13.2 Å². The van der Waals surface area contributed by atoms with Crippen LogP contribution < -0.4 is 10.2 Å². The third kappa shape index (κ3) is 57.7. The van der Waals surface area contributed by atoms with Gasteiger partial charge in [-0.25, -0.2) is 0 Å². The normalized spacial score (nSPS) is 14.2. The molecule has 1 amide bonds. The van der Waals surface area contributed by atoms with Crippen LogP contribution >= 0.6 is 7.82 Å². The van der Waals surface area contributed by atoms with Crippen LogP contribution in [-0.4, -0.2) is 68.5 Å². The van der Waals surface area contributed by atoms with Crippen molar-refractivity contribution in [3.05, 3.63) is 60.8 Å². The summed E-state index contributed by atoms with van der Waals surface area (Å²) in [6, 6.07) is -0.915. The molecular weight excluding hydrogens is 924 g/mol. The Hall–Kier alpha value is -1.80. The second-order valence-corrected chi connectivity index (χ2v) is 23.8. The largest absolute Gasteiger partial charge is 0.756 e. The third-order valence-electron chi connectivity index (χ3n) is 13.9. The van der Waals surface area contributed by atoms with E-state index in [1.807, 2.05) is 27.2 Å². The highest BCUT2D eigenvalue weighted by atomic mass is 31.2. The fraction of sp³-hybridized carbons (Fsp3) is 0.828. The smallest absolute Gasteiger partial charge is 0.268 e. The van der Waals surface area contributed by atoms with Gasteiger partial charge in [0.05, 0.1) is 39.9 Å². The highest BCUT2D eigenvalue weighted by Crippen LogP contribution is 2.38. The Morgan fingerprint density at radius 3 is 1.22 bits per heavy atom. The average molecular weight is 1050 g/mol. The zero-order valence-electron chi connectivity index (χ0n) is 48.8. The van der Waals surface area contributed by atoms with Crippen LogP contribution in [0.4, 0.5) is 0 Å². The highest BCUT2D eigenvalue weighted by Gasteiger charge is 2.23. The van der Waals surface area contributed by atoms with Crippen molar-refractivity contribution in [3.8, 4) is 0 Å². The number of rotatable bonds is 57. The Morgan fingerprint density at radius 2 is 0.808 bits per heavy atom. The summed E-state index contributed by atoms with van der Waals surface area (Å²) in [5, 5.41) is 13.9. The predicted molar refractivity (Wildman–Crippen MR) is 316 cm³/mol. The number of unbranched alkanes of at least 4 members (excludes halogenated alkanes) is 36. The Bertz CT molecular complexity index is 1370. The predicted octanol–water partition coefficient (Wildman–Crippen LogP) is 18.6. The molecule has 0 aromatic carbocycles. The van der Waals surface area contributed by atoms with Crippen LogP contribution in [0, 0.1) is 0 Å². The minimum atomic E-state index is -4.61. The summed E-state index contributed by atoms with van der Waals surface area (Å²) in [5.74, 6) is -0.215. The quantitative estimate of drug-likeness (QED) is 0.0272. The van der Waals surface area contributed by atoms with Gasteiger partial charge in [0.15, 0.2) is 0 Å². The molecule has 2 N–H and O–H groups in total. The molecule has 0 radical (unpaired) electrons. The molecule has 73 heavy (non-hydrogen) atoms. The van der Waals surface area contributed by atoms with E-state index in [0.29, 0.717) is 17.4 Å². The van der Waals surface area contributed by atoms with E-state index in [0.717, 1.165) is 51.4 Å². The fourth-order valence-electron chi connectivity index (χ4n) is 9.04. The lowest BCUT2D eigenvalue weighted by Crippen LogP contribution is -2.45. The summed E-state index contributed by atoms with van der Waals surface area (Å²) >= 11 is 0. The molecule has 8 nitrogen and oxygen atoms in total. The van der Waals surface area contributed by atoms with Gasteiger partial charge < -0.3 is 28.8 Å². The number of carbonyl (C=O) groups is 1. The van der Waals surface area contributed by atoms with Gasteiger partial charge >= 0.3 is 0 Å². The maximum Gasteiger partial charge on any atom is 0.268 e. The van der Waals surface area contributed by atoms with E-state index in [1.165, 1.54) is 218 Å². The maximum atomic E-state index is 13.0.